The van der Waals surface area contributed by atoms with Crippen molar-refractivity contribution < 1.29 is 22.4 Å². The van der Waals surface area contributed by atoms with Gasteiger partial charge in [-0.1, -0.05) is 12.1 Å². The second-order valence-electron chi connectivity index (χ2n) is 7.25. The highest BCUT2D eigenvalue weighted by Gasteiger charge is 2.34. The first-order chi connectivity index (χ1) is 15.6. The maximum Gasteiger partial charge on any atom is 0.418 e. The summed E-state index contributed by atoms with van der Waals surface area (Å²) in [6.45, 7) is 1.45. The Bertz CT molecular complexity index is 1410. The van der Waals surface area contributed by atoms with Gasteiger partial charge in [0.2, 0.25) is 0 Å². The summed E-state index contributed by atoms with van der Waals surface area (Å²) in [5.74, 6) is -0.597. The maximum atomic E-state index is 13.7. The number of hydrogen-bond acceptors (Lipinski definition) is 3. The zero-order chi connectivity index (χ0) is 23.8. The van der Waals surface area contributed by atoms with Gasteiger partial charge in [0.15, 0.2) is 0 Å². The molecule has 4 rings (SSSR count). The van der Waals surface area contributed by atoms with E-state index in [0.717, 1.165) is 6.07 Å². The van der Waals surface area contributed by atoms with Crippen LogP contribution in [0.4, 0.5) is 28.0 Å². The lowest BCUT2D eigenvalue weighted by atomic mass is 10.1. The third-order valence-corrected chi connectivity index (χ3v) is 4.89. The van der Waals surface area contributed by atoms with Crippen molar-refractivity contribution in [2.45, 2.75) is 19.6 Å². The molecular weight excluding hydrogens is 442 g/mol. The standard InChI is InChI=1S/C22H17F4N5O2/c1-12-20(32)29-17-8-14(22(24,25)26)19(9-18(17)28-12)31-7-6-13(11-31)10-27-21(33)30-16-5-3-2-4-15(16)23/h2-9,11H,10H2,1H3,(H,29,32)(H2,27,30,33). The average Bonchev–Trinajstić information content (AvgIpc) is 3.22. The third-order valence-electron chi connectivity index (χ3n) is 4.89. The molecule has 0 bridgehead atoms. The molecule has 0 saturated carbocycles. The summed E-state index contributed by atoms with van der Waals surface area (Å²) in [4.78, 5) is 30.3. The molecule has 2 aromatic carbocycles. The van der Waals surface area contributed by atoms with Crippen LogP contribution in [-0.4, -0.2) is 20.6 Å². The molecule has 0 aliphatic carbocycles. The predicted octanol–water partition coefficient (Wildman–Crippen LogP) is 4.50. The van der Waals surface area contributed by atoms with E-state index < -0.39 is 29.1 Å². The lowest BCUT2D eigenvalue weighted by Crippen LogP contribution is -2.28. The van der Waals surface area contributed by atoms with Crippen molar-refractivity contribution >= 4 is 22.8 Å². The smallest absolute Gasteiger partial charge is 0.334 e. The summed E-state index contributed by atoms with van der Waals surface area (Å²) < 4.78 is 56.1. The molecule has 33 heavy (non-hydrogen) atoms. The summed E-state index contributed by atoms with van der Waals surface area (Å²) in [6.07, 6.45) is -1.84. The van der Waals surface area contributed by atoms with Crippen LogP contribution < -0.4 is 16.2 Å². The topological polar surface area (TPSA) is 91.8 Å². The van der Waals surface area contributed by atoms with Crippen LogP contribution in [0.25, 0.3) is 16.7 Å². The number of amides is 2. The second-order valence-corrected chi connectivity index (χ2v) is 7.25. The number of carbonyl (C=O) groups excluding carboxylic acids is 1. The van der Waals surface area contributed by atoms with E-state index in [-0.39, 0.29) is 34.6 Å². The van der Waals surface area contributed by atoms with Crippen molar-refractivity contribution in [3.05, 3.63) is 87.9 Å². The van der Waals surface area contributed by atoms with Crippen LogP contribution in [0, 0.1) is 12.7 Å². The number of nitrogens with zero attached hydrogens (tertiary/aromatic N) is 2. The van der Waals surface area contributed by atoms with Crippen LogP contribution >= 0.6 is 0 Å². The second kappa shape index (κ2) is 8.41. The highest BCUT2D eigenvalue weighted by Crippen LogP contribution is 2.36. The average molecular weight is 459 g/mol. The lowest BCUT2D eigenvalue weighted by molar-refractivity contribution is -0.137. The molecule has 4 aromatic rings. The quantitative estimate of drug-likeness (QED) is 0.393. The monoisotopic (exact) mass is 459 g/mol. The molecule has 2 heterocycles. The summed E-state index contributed by atoms with van der Waals surface area (Å²) in [5.41, 5.74) is -0.886. The fraction of sp³-hybridized carbons (Fsp3) is 0.136. The molecule has 2 aromatic heterocycles. The Kier molecular flexibility index (Phi) is 5.62. The van der Waals surface area contributed by atoms with E-state index in [1.165, 1.54) is 48.1 Å². The fourth-order valence-electron chi connectivity index (χ4n) is 3.26. The van der Waals surface area contributed by atoms with Gasteiger partial charge in [0.05, 0.1) is 28.0 Å². The van der Waals surface area contributed by atoms with Gasteiger partial charge in [0.25, 0.3) is 5.56 Å². The first-order valence-corrected chi connectivity index (χ1v) is 9.70. The Morgan fingerprint density at radius 1 is 1.18 bits per heavy atom. The molecule has 0 atom stereocenters. The van der Waals surface area contributed by atoms with Crippen molar-refractivity contribution in [3.8, 4) is 5.69 Å². The van der Waals surface area contributed by atoms with Gasteiger partial charge in [-0.05, 0) is 42.8 Å². The molecule has 11 heteroatoms. The Morgan fingerprint density at radius 3 is 2.67 bits per heavy atom. The molecule has 3 N–H and O–H groups in total. The number of nitrogens with one attached hydrogen (secondary N) is 3. The van der Waals surface area contributed by atoms with Gasteiger partial charge < -0.3 is 20.2 Å². The van der Waals surface area contributed by atoms with Crippen LogP contribution in [0.5, 0.6) is 0 Å². The number of aromatic amines is 1. The van der Waals surface area contributed by atoms with Crippen molar-refractivity contribution in [3.63, 3.8) is 0 Å². The summed E-state index contributed by atoms with van der Waals surface area (Å²) in [6, 6.07) is 8.60. The molecule has 170 valence electrons. The Hall–Kier alpha value is -4.15. The van der Waals surface area contributed by atoms with E-state index in [1.807, 2.05) is 0 Å². The number of alkyl halides is 3. The molecule has 0 aliphatic rings. The molecule has 0 radical (unpaired) electrons. The number of aromatic nitrogens is 3. The van der Waals surface area contributed by atoms with Gasteiger partial charge in [-0.3, -0.25) is 4.79 Å². The van der Waals surface area contributed by atoms with Gasteiger partial charge in [0, 0.05) is 18.9 Å². The van der Waals surface area contributed by atoms with Crippen LogP contribution in [0.15, 0.2) is 59.7 Å². The molecule has 7 nitrogen and oxygen atoms in total. The number of urea groups is 1. The van der Waals surface area contributed by atoms with E-state index >= 15 is 0 Å². The Labute approximate surface area is 184 Å². The summed E-state index contributed by atoms with van der Waals surface area (Å²) in [7, 11) is 0. The van der Waals surface area contributed by atoms with E-state index in [2.05, 4.69) is 20.6 Å². The molecule has 0 fully saturated rings. The van der Waals surface area contributed by atoms with Gasteiger partial charge >= 0.3 is 12.2 Å². The van der Waals surface area contributed by atoms with E-state index in [9.17, 15) is 27.2 Å². The minimum absolute atomic E-state index is 0.000567. The number of para-hydroxylation sites is 1. The van der Waals surface area contributed by atoms with Gasteiger partial charge in [-0.15, -0.1) is 0 Å². The number of H-pyrrole nitrogens is 1. The van der Waals surface area contributed by atoms with Crippen LogP contribution in [0.2, 0.25) is 0 Å². The first kappa shape index (κ1) is 22.1. The van der Waals surface area contributed by atoms with E-state index in [0.29, 0.717) is 5.56 Å². The normalized spacial score (nSPS) is 11.5. The fourth-order valence-corrected chi connectivity index (χ4v) is 3.26. The minimum atomic E-state index is -4.69. The van der Waals surface area contributed by atoms with Crippen LogP contribution in [-0.2, 0) is 12.7 Å². The number of aryl methyl sites for hydroxylation is 1. The highest BCUT2D eigenvalue weighted by molar-refractivity contribution is 5.89. The van der Waals surface area contributed by atoms with Crippen LogP contribution in [0.1, 0.15) is 16.8 Å². The van der Waals surface area contributed by atoms with E-state index in [1.54, 1.807) is 12.1 Å². The predicted molar refractivity (Wildman–Crippen MR) is 114 cm³/mol. The summed E-state index contributed by atoms with van der Waals surface area (Å²) in [5, 5.41) is 4.88. The molecular formula is C22H17F4N5O2. The highest BCUT2D eigenvalue weighted by atomic mass is 19.4. The number of halogens is 4. The Balaban J connectivity index is 1.59. The maximum absolute atomic E-state index is 13.7. The van der Waals surface area contributed by atoms with Gasteiger partial charge in [-0.2, -0.15) is 13.2 Å². The third kappa shape index (κ3) is 4.71. The number of benzene rings is 2. The molecule has 0 spiro atoms. The van der Waals surface area contributed by atoms with Crippen LogP contribution in [0.3, 0.4) is 0 Å². The molecule has 0 aliphatic heterocycles. The van der Waals surface area contributed by atoms with Crippen molar-refractivity contribution in [2.75, 3.05) is 5.32 Å². The van der Waals surface area contributed by atoms with Crippen molar-refractivity contribution in [1.29, 1.82) is 0 Å². The van der Waals surface area contributed by atoms with Crippen molar-refractivity contribution in [1.82, 2.24) is 19.9 Å². The first-order valence-electron chi connectivity index (χ1n) is 9.70. The number of anilines is 1. The van der Waals surface area contributed by atoms with Gasteiger partial charge in [-0.25, -0.2) is 14.2 Å². The molecule has 2 amide bonds. The zero-order valence-electron chi connectivity index (χ0n) is 17.1. The zero-order valence-corrected chi connectivity index (χ0v) is 17.1. The number of hydrogen-bond donors (Lipinski definition) is 3. The SMILES string of the molecule is Cc1nc2cc(-n3ccc(CNC(=O)Nc4ccccc4F)c3)c(C(F)(F)F)cc2[nH]c1=O. The number of carbonyl (C=O) groups is 1. The van der Waals surface area contributed by atoms with Crippen molar-refractivity contribution in [2.24, 2.45) is 0 Å². The van der Waals surface area contributed by atoms with E-state index in [4.69, 9.17) is 0 Å². The lowest BCUT2D eigenvalue weighted by Gasteiger charge is -2.15. The molecule has 0 unspecified atom stereocenters. The number of fused-ring (bicyclic) bond motifs is 1. The summed E-state index contributed by atoms with van der Waals surface area (Å²) >= 11 is 0. The molecule has 0 saturated heterocycles. The largest absolute Gasteiger partial charge is 0.418 e. The minimum Gasteiger partial charge on any atom is -0.334 e. The number of rotatable bonds is 4. The van der Waals surface area contributed by atoms with Gasteiger partial charge in [0.1, 0.15) is 11.5 Å². The Morgan fingerprint density at radius 2 is 1.94 bits per heavy atom.